The fourth-order valence-corrected chi connectivity index (χ4v) is 2.95. The first-order valence-electron chi connectivity index (χ1n) is 6.40. The van der Waals surface area contributed by atoms with E-state index in [0.29, 0.717) is 6.04 Å². The predicted octanol–water partition coefficient (Wildman–Crippen LogP) is 2.41. The molecule has 1 aromatic carbocycles. The number of amides is 1. The summed E-state index contributed by atoms with van der Waals surface area (Å²) in [5.41, 5.74) is 6.65. The van der Waals surface area contributed by atoms with Crippen LogP contribution in [0.4, 0.5) is 0 Å². The zero-order valence-corrected chi connectivity index (χ0v) is 11.5. The highest BCUT2D eigenvalue weighted by molar-refractivity contribution is 7.98. The normalized spacial score (nSPS) is 23.7. The summed E-state index contributed by atoms with van der Waals surface area (Å²) in [7, 11) is 0. The summed E-state index contributed by atoms with van der Waals surface area (Å²) in [6.45, 7) is 0. The number of benzene rings is 1. The number of hydrogen-bond donors (Lipinski definition) is 2. The number of carbonyl (C=O) groups excluding carboxylic acids is 1. The van der Waals surface area contributed by atoms with E-state index in [1.165, 1.54) is 0 Å². The average molecular weight is 264 g/mol. The lowest BCUT2D eigenvalue weighted by Crippen LogP contribution is -2.40. The van der Waals surface area contributed by atoms with E-state index in [9.17, 15) is 4.79 Å². The molecular formula is C14H20N2OS. The molecule has 2 rings (SSSR count). The highest BCUT2D eigenvalue weighted by atomic mass is 32.2. The van der Waals surface area contributed by atoms with E-state index in [1.807, 2.05) is 30.5 Å². The van der Waals surface area contributed by atoms with Gasteiger partial charge in [-0.2, -0.15) is 0 Å². The van der Waals surface area contributed by atoms with Crippen LogP contribution >= 0.6 is 11.8 Å². The lowest BCUT2D eigenvalue weighted by molar-refractivity contribution is 0.0923. The monoisotopic (exact) mass is 264 g/mol. The Balaban J connectivity index is 1.99. The lowest BCUT2D eigenvalue weighted by Gasteiger charge is -2.27. The molecular weight excluding hydrogens is 244 g/mol. The van der Waals surface area contributed by atoms with Crippen molar-refractivity contribution in [2.24, 2.45) is 5.73 Å². The van der Waals surface area contributed by atoms with Crippen LogP contribution in [0.3, 0.4) is 0 Å². The molecule has 0 bridgehead atoms. The second-order valence-electron chi connectivity index (χ2n) is 4.79. The van der Waals surface area contributed by atoms with Crippen molar-refractivity contribution in [1.82, 2.24) is 5.32 Å². The van der Waals surface area contributed by atoms with Gasteiger partial charge in [0, 0.05) is 17.0 Å². The van der Waals surface area contributed by atoms with Gasteiger partial charge in [0.05, 0.1) is 5.56 Å². The molecule has 1 aliphatic carbocycles. The van der Waals surface area contributed by atoms with Crippen LogP contribution in [0.15, 0.2) is 29.2 Å². The molecule has 1 saturated carbocycles. The summed E-state index contributed by atoms with van der Waals surface area (Å²) >= 11 is 1.61. The van der Waals surface area contributed by atoms with Gasteiger partial charge in [-0.1, -0.05) is 12.1 Å². The zero-order valence-electron chi connectivity index (χ0n) is 10.7. The van der Waals surface area contributed by atoms with Gasteiger partial charge in [-0.25, -0.2) is 0 Å². The minimum atomic E-state index is 0.0421. The minimum absolute atomic E-state index is 0.0421. The quantitative estimate of drug-likeness (QED) is 0.824. The Bertz CT molecular complexity index is 414. The van der Waals surface area contributed by atoms with Crippen molar-refractivity contribution in [3.8, 4) is 0 Å². The summed E-state index contributed by atoms with van der Waals surface area (Å²) in [5, 5.41) is 3.12. The first-order chi connectivity index (χ1) is 8.70. The number of rotatable bonds is 3. The molecule has 0 saturated heterocycles. The molecule has 0 spiro atoms. The summed E-state index contributed by atoms with van der Waals surface area (Å²) < 4.78 is 0. The highest BCUT2D eigenvalue weighted by Crippen LogP contribution is 2.21. The second-order valence-corrected chi connectivity index (χ2v) is 5.63. The topological polar surface area (TPSA) is 55.1 Å². The van der Waals surface area contributed by atoms with E-state index in [-0.39, 0.29) is 11.9 Å². The van der Waals surface area contributed by atoms with Gasteiger partial charge in [-0.3, -0.25) is 4.79 Å². The van der Waals surface area contributed by atoms with Crippen LogP contribution in [0.25, 0.3) is 0 Å². The fourth-order valence-electron chi connectivity index (χ4n) is 2.36. The Morgan fingerprint density at radius 3 is 2.61 bits per heavy atom. The van der Waals surface area contributed by atoms with Crippen LogP contribution in [0.2, 0.25) is 0 Å². The van der Waals surface area contributed by atoms with Gasteiger partial charge in [0.2, 0.25) is 0 Å². The molecule has 0 heterocycles. The lowest BCUT2D eigenvalue weighted by atomic mass is 9.91. The van der Waals surface area contributed by atoms with E-state index in [4.69, 9.17) is 5.73 Å². The van der Waals surface area contributed by atoms with Gasteiger partial charge < -0.3 is 11.1 Å². The molecule has 1 aliphatic rings. The molecule has 98 valence electrons. The van der Waals surface area contributed by atoms with Crippen LogP contribution in [0.1, 0.15) is 36.0 Å². The Hall–Kier alpha value is -1.00. The van der Waals surface area contributed by atoms with Crippen molar-refractivity contribution < 1.29 is 4.79 Å². The smallest absolute Gasteiger partial charge is 0.252 e. The third-order valence-corrected chi connectivity index (χ3v) is 4.25. The summed E-state index contributed by atoms with van der Waals surface area (Å²) in [5.74, 6) is 0.0421. The third-order valence-electron chi connectivity index (χ3n) is 3.46. The maximum atomic E-state index is 12.2. The maximum Gasteiger partial charge on any atom is 0.252 e. The SMILES string of the molecule is CSc1ccccc1C(=O)NC1CCC(N)CC1. The van der Waals surface area contributed by atoms with Crippen molar-refractivity contribution in [3.63, 3.8) is 0 Å². The third kappa shape index (κ3) is 3.27. The van der Waals surface area contributed by atoms with Gasteiger partial charge >= 0.3 is 0 Å². The van der Waals surface area contributed by atoms with E-state index in [0.717, 1.165) is 36.1 Å². The number of hydrogen-bond acceptors (Lipinski definition) is 3. The second kappa shape index (κ2) is 6.25. The Morgan fingerprint density at radius 1 is 1.28 bits per heavy atom. The van der Waals surface area contributed by atoms with Crippen LogP contribution in [0.5, 0.6) is 0 Å². The Kier molecular flexibility index (Phi) is 4.66. The van der Waals surface area contributed by atoms with Crippen molar-refractivity contribution in [2.45, 2.75) is 42.7 Å². The zero-order chi connectivity index (χ0) is 13.0. The molecule has 0 atom stereocenters. The van der Waals surface area contributed by atoms with Crippen molar-refractivity contribution >= 4 is 17.7 Å². The number of nitrogens with two attached hydrogens (primary N) is 1. The van der Waals surface area contributed by atoms with Gasteiger partial charge in [-0.05, 0) is 44.1 Å². The van der Waals surface area contributed by atoms with E-state index in [1.54, 1.807) is 11.8 Å². The van der Waals surface area contributed by atoms with E-state index >= 15 is 0 Å². The molecule has 3 nitrogen and oxygen atoms in total. The maximum absolute atomic E-state index is 12.2. The molecule has 4 heteroatoms. The molecule has 0 aliphatic heterocycles. The first-order valence-corrected chi connectivity index (χ1v) is 7.62. The van der Waals surface area contributed by atoms with Crippen LogP contribution < -0.4 is 11.1 Å². The molecule has 18 heavy (non-hydrogen) atoms. The fraction of sp³-hybridized carbons (Fsp3) is 0.500. The first kappa shape index (κ1) is 13.4. The summed E-state index contributed by atoms with van der Waals surface area (Å²) in [6.07, 6.45) is 6.00. The van der Waals surface area contributed by atoms with Crippen molar-refractivity contribution in [1.29, 1.82) is 0 Å². The van der Waals surface area contributed by atoms with E-state index < -0.39 is 0 Å². The standard InChI is InChI=1S/C14H20N2OS/c1-18-13-5-3-2-4-12(13)14(17)16-11-8-6-10(15)7-9-11/h2-5,10-11H,6-9,15H2,1H3,(H,16,17). The Morgan fingerprint density at radius 2 is 1.94 bits per heavy atom. The van der Waals surface area contributed by atoms with Crippen LogP contribution in [-0.2, 0) is 0 Å². The largest absolute Gasteiger partial charge is 0.349 e. The molecule has 0 radical (unpaired) electrons. The van der Waals surface area contributed by atoms with Crippen LogP contribution in [-0.4, -0.2) is 24.2 Å². The molecule has 1 fully saturated rings. The number of nitrogens with one attached hydrogen (secondary N) is 1. The van der Waals surface area contributed by atoms with Crippen LogP contribution in [0, 0.1) is 0 Å². The summed E-state index contributed by atoms with van der Waals surface area (Å²) in [4.78, 5) is 13.2. The van der Waals surface area contributed by atoms with Crippen molar-refractivity contribution in [2.75, 3.05) is 6.26 Å². The predicted molar refractivity (Wildman–Crippen MR) is 75.9 cm³/mol. The summed E-state index contributed by atoms with van der Waals surface area (Å²) in [6, 6.07) is 8.34. The Labute approximate surface area is 113 Å². The van der Waals surface area contributed by atoms with E-state index in [2.05, 4.69) is 5.32 Å². The van der Waals surface area contributed by atoms with Crippen molar-refractivity contribution in [3.05, 3.63) is 29.8 Å². The number of thioether (sulfide) groups is 1. The van der Waals surface area contributed by atoms with Gasteiger partial charge in [0.15, 0.2) is 0 Å². The highest BCUT2D eigenvalue weighted by Gasteiger charge is 2.21. The molecule has 0 unspecified atom stereocenters. The van der Waals surface area contributed by atoms with Gasteiger partial charge in [0.1, 0.15) is 0 Å². The molecule has 3 N–H and O–H groups in total. The van der Waals surface area contributed by atoms with Gasteiger partial charge in [0.25, 0.3) is 5.91 Å². The molecule has 1 amide bonds. The van der Waals surface area contributed by atoms with Gasteiger partial charge in [-0.15, -0.1) is 11.8 Å². The average Bonchev–Trinajstić information content (AvgIpc) is 2.41. The molecule has 0 aromatic heterocycles. The molecule has 1 aromatic rings. The number of carbonyl (C=O) groups is 1. The minimum Gasteiger partial charge on any atom is -0.349 e.